The number of phosphoric ester groups is 1. The molecule has 0 aromatic heterocycles. The number of aliphatic hydroxyl groups excluding tert-OH is 2. The van der Waals surface area contributed by atoms with Crippen LogP contribution in [0, 0.1) is 0 Å². The van der Waals surface area contributed by atoms with Gasteiger partial charge in [0.2, 0.25) is 35.4 Å². The van der Waals surface area contributed by atoms with E-state index in [4.69, 9.17) is 32.9 Å². The molecule has 0 bridgehead atoms. The molecule has 99 heavy (non-hydrogen) atoms. The van der Waals surface area contributed by atoms with E-state index in [0.29, 0.717) is 25.7 Å². The molecule has 0 aliphatic carbocycles. The number of phosphoric acid groups is 1. The zero-order valence-corrected chi connectivity index (χ0v) is 62.6. The minimum Gasteiger partial charge on any atom is -0.456 e. The van der Waals surface area contributed by atoms with Crippen LogP contribution in [0.15, 0.2) is 0 Å². The van der Waals surface area contributed by atoms with E-state index in [-0.39, 0.29) is 44.1 Å². The number of hydrogen-bond donors (Lipinski definition) is 8. The highest BCUT2D eigenvalue weighted by atomic mass is 31.2. The maximum Gasteiger partial charge on any atom is 0.470 e. The minimum absolute atomic E-state index is 0.0602. The Morgan fingerprint density at radius 1 is 0.424 bits per heavy atom. The Bertz CT molecular complexity index is 2270. The smallest absolute Gasteiger partial charge is 0.456 e. The van der Waals surface area contributed by atoms with Crippen molar-refractivity contribution in [1.29, 1.82) is 0 Å². The van der Waals surface area contributed by atoms with Crippen molar-refractivity contribution in [2.24, 2.45) is 0 Å². The lowest BCUT2D eigenvalue weighted by Gasteiger charge is -2.47. The van der Waals surface area contributed by atoms with Crippen LogP contribution in [0.2, 0.25) is 0 Å². The number of carbonyl (C=O) groups is 8. The fraction of sp³-hybridized carbons (Fsp3) is 0.889. The molecule has 0 aromatic carbocycles. The highest BCUT2D eigenvalue weighted by Crippen LogP contribution is 2.42. The number of rotatable bonds is 60. The molecule has 0 radical (unpaired) electrons. The minimum atomic E-state index is -5.55. The summed E-state index contributed by atoms with van der Waals surface area (Å²) < 4.78 is 54.3. The van der Waals surface area contributed by atoms with Crippen LogP contribution < -0.4 is 21.3 Å². The Balaban J connectivity index is 2.51. The Labute approximate surface area is 592 Å². The number of aliphatic hydroxyl groups is 2. The first-order valence-electron chi connectivity index (χ1n) is 38.2. The second kappa shape index (κ2) is 56.1. The predicted molar refractivity (Wildman–Crippen MR) is 377 cm³/mol. The number of nitrogens with zero attached hydrogens (tertiary/aromatic N) is 2. The number of ether oxygens (including phenoxy) is 6. The highest BCUT2D eigenvalue weighted by Gasteiger charge is 2.54. The van der Waals surface area contributed by atoms with Gasteiger partial charge in [0.1, 0.15) is 49.6 Å². The number of likely N-dealkylation sites (N-methyl/N-ethyl adjacent to an activating group) is 2. The molecule has 2 rings (SSSR count). The lowest BCUT2D eigenvalue weighted by Crippen LogP contribution is -2.68. The van der Waals surface area contributed by atoms with Crippen LogP contribution in [0.1, 0.15) is 291 Å². The standard InChI is InChI=1S/C72H133N6O20P/c1-8-13-17-21-25-29-33-37-41-45-57(80)73-49-63(86)96-69-65(75-59(82)51-77(6)61(84)47-43-39-35-31-27-23-19-15-10-3)71(92-12-5)95-56(67(69)88)54-93-72-66(76-60(83)52-78(7)62(85)48-44-40-36-32-28-24-20-16-11-4)70(68(55(53-79)94-72)98-99(89,90)91)97-64(87)50-74-58(81)46-42-38-34-30-26-22-18-14-9-2/h55-56,65-72,79,88H,8-54H2,1-7H3,(H,73,80)(H,74,81)(H,75,82)(H,76,83)(H2,89,90,91)/t55-,56-,65-,66-,67-,68-,69-,70-,71+,72-/m1/s1. The van der Waals surface area contributed by atoms with E-state index in [0.717, 1.165) is 135 Å². The number of hydrogen-bond acceptors (Lipinski definition) is 18. The van der Waals surface area contributed by atoms with Crippen LogP contribution in [0.4, 0.5) is 0 Å². The Morgan fingerprint density at radius 2 is 0.747 bits per heavy atom. The summed E-state index contributed by atoms with van der Waals surface area (Å²) in [4.78, 5) is 132. The van der Waals surface area contributed by atoms with Gasteiger partial charge >= 0.3 is 19.8 Å². The summed E-state index contributed by atoms with van der Waals surface area (Å²) >= 11 is 0. The van der Waals surface area contributed by atoms with Gasteiger partial charge in [-0.1, -0.05) is 233 Å². The first-order chi connectivity index (χ1) is 47.6. The van der Waals surface area contributed by atoms with Crippen molar-refractivity contribution < 1.29 is 95.9 Å². The molecular weight excluding hydrogens is 1300 g/mol. The van der Waals surface area contributed by atoms with E-state index in [1.807, 2.05) is 0 Å². The summed E-state index contributed by atoms with van der Waals surface area (Å²) in [5.41, 5.74) is 0. The summed E-state index contributed by atoms with van der Waals surface area (Å²) in [6.45, 7) is 6.03. The maximum absolute atomic E-state index is 14.2. The van der Waals surface area contributed by atoms with E-state index in [1.165, 1.54) is 94.5 Å². The quantitative estimate of drug-likeness (QED) is 0.0159. The predicted octanol–water partition coefficient (Wildman–Crippen LogP) is 9.95. The molecule has 2 fully saturated rings. The van der Waals surface area contributed by atoms with Crippen molar-refractivity contribution in [3.63, 3.8) is 0 Å². The molecule has 27 heteroatoms. The van der Waals surface area contributed by atoms with Gasteiger partial charge in [-0.2, -0.15) is 0 Å². The molecule has 26 nitrogen and oxygen atoms in total. The lowest BCUT2D eigenvalue weighted by molar-refractivity contribution is -0.303. The van der Waals surface area contributed by atoms with Crippen molar-refractivity contribution in [1.82, 2.24) is 31.1 Å². The summed E-state index contributed by atoms with van der Waals surface area (Å²) in [6, 6.07) is -3.26. The van der Waals surface area contributed by atoms with Crippen molar-refractivity contribution >= 4 is 55.2 Å². The van der Waals surface area contributed by atoms with Gasteiger partial charge in [0, 0.05) is 46.4 Å². The molecular formula is C72H133N6O20P. The topological polar surface area (TPSA) is 354 Å². The Morgan fingerprint density at radius 3 is 1.10 bits per heavy atom. The monoisotopic (exact) mass is 1430 g/mol. The molecule has 0 spiro atoms. The number of esters is 2. The van der Waals surface area contributed by atoms with Crippen LogP contribution in [-0.4, -0.2) is 199 Å². The SMILES string of the molecule is CCCCCCCCCCCC(=O)NCC(=O)O[C@@H]1[C@@H](NC(=O)CN(C)C(=O)CCCCCCCCCCC)[C@H](OC[C@H]2O[C@H](OCC)[C@H](NC(=O)CN(C)C(=O)CCCCCCCCCCC)[C@@H](OC(=O)CNC(=O)CCCCCCCCCCC)[C@@H]2O)O[C@H](CO)[C@H]1OP(=O)(O)O. The number of unbranched alkanes of at least 4 members (excludes halogenated alkanes) is 32. The molecule has 2 aliphatic rings. The van der Waals surface area contributed by atoms with E-state index >= 15 is 0 Å². The molecule has 2 aliphatic heterocycles. The van der Waals surface area contributed by atoms with E-state index in [1.54, 1.807) is 6.92 Å². The van der Waals surface area contributed by atoms with Gasteiger partial charge in [0.15, 0.2) is 24.8 Å². The molecule has 8 N–H and O–H groups in total. The number of nitrogens with one attached hydrogen (secondary N) is 4. The van der Waals surface area contributed by atoms with E-state index in [2.05, 4.69) is 49.0 Å². The van der Waals surface area contributed by atoms with E-state index < -0.39 is 144 Å². The summed E-state index contributed by atoms with van der Waals surface area (Å²) in [7, 11) is -2.65. The molecule has 0 unspecified atom stereocenters. The van der Waals surface area contributed by atoms with Crippen LogP contribution in [0.3, 0.4) is 0 Å². The molecule has 0 saturated carbocycles. The first-order valence-corrected chi connectivity index (χ1v) is 39.7. The van der Waals surface area contributed by atoms with Crippen LogP contribution >= 0.6 is 7.82 Å². The van der Waals surface area contributed by atoms with Gasteiger partial charge in [0.05, 0.1) is 26.3 Å². The number of carbonyl (C=O) groups excluding carboxylic acids is 8. The van der Waals surface area contributed by atoms with Crippen LogP contribution in [0.25, 0.3) is 0 Å². The van der Waals surface area contributed by atoms with Gasteiger partial charge < -0.3 is 79.5 Å². The molecule has 2 heterocycles. The van der Waals surface area contributed by atoms with Crippen molar-refractivity contribution in [3.05, 3.63) is 0 Å². The van der Waals surface area contributed by atoms with Gasteiger partial charge in [0.25, 0.3) is 0 Å². The summed E-state index contributed by atoms with van der Waals surface area (Å²) in [5, 5.41) is 33.5. The Kier molecular flexibility index (Phi) is 51.4. The highest BCUT2D eigenvalue weighted by molar-refractivity contribution is 7.46. The van der Waals surface area contributed by atoms with Crippen molar-refractivity contribution in [2.45, 2.75) is 353 Å². The van der Waals surface area contributed by atoms with E-state index in [9.17, 15) is 62.9 Å². The first kappa shape index (κ1) is 90.7. The normalized spacial score (nSPS) is 20.8. The molecule has 2 saturated heterocycles. The zero-order valence-electron chi connectivity index (χ0n) is 61.7. The van der Waals surface area contributed by atoms with Gasteiger partial charge in [-0.3, -0.25) is 42.9 Å². The van der Waals surface area contributed by atoms with Gasteiger partial charge in [-0.15, -0.1) is 0 Å². The van der Waals surface area contributed by atoms with Gasteiger partial charge in [-0.25, -0.2) is 4.57 Å². The zero-order chi connectivity index (χ0) is 73.1. The maximum atomic E-state index is 14.2. The third kappa shape index (κ3) is 42.1. The largest absolute Gasteiger partial charge is 0.470 e. The lowest BCUT2D eigenvalue weighted by atomic mass is 9.95. The van der Waals surface area contributed by atoms with Crippen molar-refractivity contribution in [3.8, 4) is 0 Å². The molecule has 6 amide bonds. The van der Waals surface area contributed by atoms with Crippen LogP contribution in [0.5, 0.6) is 0 Å². The average Bonchev–Trinajstić information content (AvgIpc) is 0.785. The number of amides is 6. The third-order valence-electron chi connectivity index (χ3n) is 18.2. The fourth-order valence-electron chi connectivity index (χ4n) is 12.3. The third-order valence-corrected chi connectivity index (χ3v) is 18.7. The van der Waals surface area contributed by atoms with Crippen molar-refractivity contribution in [2.75, 3.05) is 60.1 Å². The van der Waals surface area contributed by atoms with Gasteiger partial charge in [-0.05, 0) is 32.6 Å². The summed E-state index contributed by atoms with van der Waals surface area (Å²) in [6.07, 6.45) is 23.2. The Hall–Kier alpha value is -4.37. The molecule has 10 atom stereocenters. The second-order valence-electron chi connectivity index (χ2n) is 27.1. The average molecular weight is 1430 g/mol. The second-order valence-corrected chi connectivity index (χ2v) is 28.3. The molecule has 576 valence electrons. The van der Waals surface area contributed by atoms with Crippen LogP contribution in [-0.2, 0) is 75.9 Å². The summed E-state index contributed by atoms with van der Waals surface area (Å²) in [5.74, 6) is -5.29. The fourth-order valence-corrected chi connectivity index (χ4v) is 12.9. The molecule has 0 aromatic rings.